The number of nitrogens with zero attached hydrogens (tertiary/aromatic N) is 1. The smallest absolute Gasteiger partial charge is 0.307 e. The lowest BCUT2D eigenvalue weighted by Crippen LogP contribution is -2.03. The molecule has 0 saturated carbocycles. The molecule has 0 aliphatic carbocycles. The van der Waals surface area contributed by atoms with Gasteiger partial charge in [0.2, 0.25) is 0 Å². The van der Waals surface area contributed by atoms with Gasteiger partial charge in [0.25, 0.3) is 0 Å². The lowest BCUT2D eigenvalue weighted by molar-refractivity contribution is -0.137. The molecule has 0 unspecified atom stereocenters. The first kappa shape index (κ1) is 28.5. The number of carboxylic acid groups (broad SMARTS) is 2. The summed E-state index contributed by atoms with van der Waals surface area (Å²) >= 11 is 0. The molecular formula is C33H35NO6. The quantitative estimate of drug-likeness (QED) is 0.126. The van der Waals surface area contributed by atoms with E-state index in [2.05, 4.69) is 0 Å². The molecule has 4 rings (SSSR count). The first-order valence-corrected chi connectivity index (χ1v) is 13.5. The summed E-state index contributed by atoms with van der Waals surface area (Å²) in [4.78, 5) is 22.5. The molecule has 7 heteroatoms. The number of benzene rings is 3. The number of unbranched alkanes of at least 4 members (excludes halogenated alkanes) is 1. The fourth-order valence-corrected chi connectivity index (χ4v) is 4.65. The number of carbonyl (C=O) groups is 2. The summed E-state index contributed by atoms with van der Waals surface area (Å²) in [5.41, 5.74) is 4.66. The summed E-state index contributed by atoms with van der Waals surface area (Å²) in [6.07, 6.45) is 8.05. The maximum Gasteiger partial charge on any atom is 0.307 e. The predicted octanol–water partition coefficient (Wildman–Crippen LogP) is 6.85. The van der Waals surface area contributed by atoms with Gasteiger partial charge in [-0.3, -0.25) is 9.59 Å². The largest absolute Gasteiger partial charge is 0.494 e. The number of para-hydroxylation sites is 1. The number of hydrogen-bond acceptors (Lipinski definition) is 4. The summed E-state index contributed by atoms with van der Waals surface area (Å²) in [7, 11) is 0. The van der Waals surface area contributed by atoms with Gasteiger partial charge in [0, 0.05) is 30.1 Å². The molecular weight excluding hydrogens is 506 g/mol. The Morgan fingerprint density at radius 3 is 2.30 bits per heavy atom. The fraction of sp³-hybridized carbons (Fsp3) is 0.273. The molecule has 0 aliphatic rings. The zero-order valence-electron chi connectivity index (χ0n) is 22.7. The normalized spacial score (nSPS) is 11.2. The number of carboxylic acids is 2. The number of hydrogen-bond donors (Lipinski definition) is 2. The summed E-state index contributed by atoms with van der Waals surface area (Å²) in [6.45, 7) is 3.82. The minimum Gasteiger partial charge on any atom is -0.494 e. The number of rotatable bonds is 15. The molecule has 0 atom stereocenters. The Kier molecular flexibility index (Phi) is 9.99. The van der Waals surface area contributed by atoms with Crippen LogP contribution in [0.3, 0.4) is 0 Å². The van der Waals surface area contributed by atoms with Crippen LogP contribution in [0.25, 0.3) is 23.1 Å². The second-order valence-corrected chi connectivity index (χ2v) is 9.73. The molecule has 0 fully saturated rings. The highest BCUT2D eigenvalue weighted by Gasteiger charge is 2.14. The van der Waals surface area contributed by atoms with E-state index in [1.807, 2.05) is 96.6 Å². The maximum atomic E-state index is 11.5. The van der Waals surface area contributed by atoms with Crippen LogP contribution in [0.15, 0.2) is 72.9 Å². The second-order valence-electron chi connectivity index (χ2n) is 9.73. The topological polar surface area (TPSA) is 98.0 Å². The van der Waals surface area contributed by atoms with E-state index >= 15 is 0 Å². The van der Waals surface area contributed by atoms with Gasteiger partial charge in [-0.2, -0.15) is 0 Å². The summed E-state index contributed by atoms with van der Waals surface area (Å²) in [6, 6.07) is 21.7. The molecule has 0 saturated heterocycles. The number of aliphatic carboxylic acids is 2. The van der Waals surface area contributed by atoms with E-state index in [-0.39, 0.29) is 12.8 Å². The van der Waals surface area contributed by atoms with Crippen LogP contribution in [-0.2, 0) is 22.6 Å². The number of aromatic nitrogens is 1. The molecule has 208 valence electrons. The number of aryl methyl sites for hydroxylation is 2. The van der Waals surface area contributed by atoms with Gasteiger partial charge in [-0.05, 0) is 72.7 Å². The van der Waals surface area contributed by atoms with Crippen LogP contribution in [0.1, 0.15) is 47.9 Å². The third kappa shape index (κ3) is 7.99. The second kappa shape index (κ2) is 14.0. The first-order valence-electron chi connectivity index (χ1n) is 13.5. The third-order valence-electron chi connectivity index (χ3n) is 6.64. The van der Waals surface area contributed by atoms with Crippen molar-refractivity contribution in [2.24, 2.45) is 0 Å². The molecule has 1 aromatic heterocycles. The van der Waals surface area contributed by atoms with Crippen molar-refractivity contribution in [1.82, 2.24) is 4.57 Å². The number of ether oxygens (including phenoxy) is 2. The highest BCUT2D eigenvalue weighted by molar-refractivity contribution is 5.96. The Morgan fingerprint density at radius 2 is 1.57 bits per heavy atom. The van der Waals surface area contributed by atoms with Crippen LogP contribution in [0.5, 0.6) is 11.5 Å². The molecule has 1 heterocycles. The van der Waals surface area contributed by atoms with Crippen LogP contribution in [0.2, 0.25) is 0 Å². The van der Waals surface area contributed by atoms with E-state index in [0.717, 1.165) is 51.9 Å². The van der Waals surface area contributed by atoms with Crippen molar-refractivity contribution in [3.63, 3.8) is 0 Å². The van der Waals surface area contributed by atoms with Gasteiger partial charge in [0.15, 0.2) is 0 Å². The summed E-state index contributed by atoms with van der Waals surface area (Å²) in [5, 5.41) is 19.3. The van der Waals surface area contributed by atoms with Gasteiger partial charge in [-0.1, -0.05) is 54.6 Å². The first-order chi connectivity index (χ1) is 19.4. The molecule has 3 aromatic carbocycles. The lowest BCUT2D eigenvalue weighted by Gasteiger charge is -2.09. The Hall–Kier alpha value is -4.52. The Morgan fingerprint density at radius 1 is 0.825 bits per heavy atom. The average Bonchev–Trinajstić information content (AvgIpc) is 3.28. The Bertz CT molecular complexity index is 1470. The maximum absolute atomic E-state index is 11.5. The molecule has 2 N–H and O–H groups in total. The van der Waals surface area contributed by atoms with E-state index in [4.69, 9.17) is 14.6 Å². The van der Waals surface area contributed by atoms with Crippen LogP contribution in [0, 0.1) is 6.92 Å². The highest BCUT2D eigenvalue weighted by Crippen LogP contribution is 2.28. The van der Waals surface area contributed by atoms with Crippen molar-refractivity contribution in [1.29, 1.82) is 0 Å². The zero-order chi connectivity index (χ0) is 28.3. The van der Waals surface area contributed by atoms with E-state index in [1.165, 1.54) is 0 Å². The lowest BCUT2D eigenvalue weighted by atomic mass is 10.0. The fourth-order valence-electron chi connectivity index (χ4n) is 4.65. The van der Waals surface area contributed by atoms with Crippen molar-refractivity contribution < 1.29 is 29.3 Å². The number of fused-ring (bicyclic) bond motifs is 1. The summed E-state index contributed by atoms with van der Waals surface area (Å²) in [5.74, 6) is -0.0143. The molecule has 0 aliphatic heterocycles. The van der Waals surface area contributed by atoms with Crippen molar-refractivity contribution in [2.75, 3.05) is 13.2 Å². The van der Waals surface area contributed by atoms with Crippen molar-refractivity contribution in [2.45, 2.75) is 45.6 Å². The highest BCUT2D eigenvalue weighted by atomic mass is 16.5. The van der Waals surface area contributed by atoms with Gasteiger partial charge in [0.05, 0.1) is 19.6 Å². The standard InChI is InChI=1S/C33H35NO6/c1-24-8-2-3-11-30(24)40-21-5-4-20-39-28-17-14-25(15-18-28)13-16-26-9-6-10-29-33(26)27(22-32(37)38)23-34(29)19-7-12-31(35)36/h2-3,6,8-11,13-18,23H,4-5,7,12,19-22H2,1H3,(H,35,36)(H,37,38)/b16-13+. The Balaban J connectivity index is 1.35. The van der Waals surface area contributed by atoms with Crippen molar-refractivity contribution in [3.05, 3.63) is 95.2 Å². The van der Waals surface area contributed by atoms with Gasteiger partial charge in [-0.15, -0.1) is 0 Å². The van der Waals surface area contributed by atoms with Gasteiger partial charge in [0.1, 0.15) is 11.5 Å². The molecule has 40 heavy (non-hydrogen) atoms. The van der Waals surface area contributed by atoms with Crippen LogP contribution in [-0.4, -0.2) is 39.9 Å². The van der Waals surface area contributed by atoms with Crippen LogP contribution < -0.4 is 9.47 Å². The van der Waals surface area contributed by atoms with Gasteiger partial charge >= 0.3 is 11.9 Å². The van der Waals surface area contributed by atoms with Crippen LogP contribution >= 0.6 is 0 Å². The summed E-state index contributed by atoms with van der Waals surface area (Å²) < 4.78 is 13.7. The monoisotopic (exact) mass is 541 g/mol. The Labute approximate surface area is 234 Å². The minimum absolute atomic E-state index is 0.0651. The van der Waals surface area contributed by atoms with E-state index in [1.54, 1.807) is 0 Å². The van der Waals surface area contributed by atoms with Gasteiger partial charge in [-0.25, -0.2) is 0 Å². The van der Waals surface area contributed by atoms with E-state index < -0.39 is 11.9 Å². The van der Waals surface area contributed by atoms with Gasteiger partial charge < -0.3 is 24.3 Å². The molecule has 0 amide bonds. The molecule has 0 radical (unpaired) electrons. The van der Waals surface area contributed by atoms with Crippen molar-refractivity contribution >= 4 is 35.0 Å². The van der Waals surface area contributed by atoms with Crippen molar-refractivity contribution in [3.8, 4) is 11.5 Å². The zero-order valence-corrected chi connectivity index (χ0v) is 22.7. The molecule has 7 nitrogen and oxygen atoms in total. The average molecular weight is 542 g/mol. The molecule has 4 aromatic rings. The predicted molar refractivity (Wildman–Crippen MR) is 157 cm³/mol. The van der Waals surface area contributed by atoms with E-state index in [9.17, 15) is 14.7 Å². The molecule has 0 spiro atoms. The molecule has 0 bridgehead atoms. The SMILES string of the molecule is Cc1ccccc1OCCCCOc1ccc(/C=C/c2cccc3c2c(CC(=O)O)cn3CCCC(=O)O)cc1. The third-order valence-corrected chi connectivity index (χ3v) is 6.64. The van der Waals surface area contributed by atoms with E-state index in [0.29, 0.717) is 31.7 Å². The minimum atomic E-state index is -0.905. The van der Waals surface area contributed by atoms with Crippen LogP contribution in [0.4, 0.5) is 0 Å².